The quantitative estimate of drug-likeness (QED) is 0.729. The van der Waals surface area contributed by atoms with Crippen molar-refractivity contribution in [2.45, 2.75) is 38.4 Å². The first-order valence-electron chi connectivity index (χ1n) is 5.02. The second kappa shape index (κ2) is 4.09. The molecule has 1 aliphatic carbocycles. The third kappa shape index (κ3) is 2.49. The van der Waals surface area contributed by atoms with Gasteiger partial charge in [-0.05, 0) is 26.7 Å². The monoisotopic (exact) mass is 235 g/mol. The molecule has 0 saturated heterocycles. The highest BCUT2D eigenvalue weighted by atomic mass is 32.2. The maximum atomic E-state index is 11.4. The standard InChI is InChI=1S/C9H17NO4S/c1-7(2)15(13,14)10-6-9(8(11)12)4-3-5-9/h7,10H,3-6H2,1-2H3,(H,11,12). The van der Waals surface area contributed by atoms with Gasteiger partial charge in [0, 0.05) is 6.54 Å². The van der Waals surface area contributed by atoms with Crippen LogP contribution in [-0.4, -0.2) is 31.3 Å². The van der Waals surface area contributed by atoms with Gasteiger partial charge in [0.1, 0.15) is 0 Å². The Balaban J connectivity index is 2.60. The van der Waals surface area contributed by atoms with Crippen molar-refractivity contribution in [2.24, 2.45) is 5.41 Å². The molecule has 0 bridgehead atoms. The lowest BCUT2D eigenvalue weighted by atomic mass is 9.69. The molecule has 0 unspecified atom stereocenters. The molecule has 0 aromatic carbocycles. The number of rotatable bonds is 5. The number of carboxylic acids is 1. The van der Waals surface area contributed by atoms with Gasteiger partial charge >= 0.3 is 5.97 Å². The SMILES string of the molecule is CC(C)S(=O)(=O)NCC1(C(=O)O)CCC1. The maximum Gasteiger partial charge on any atom is 0.310 e. The van der Waals surface area contributed by atoms with Crippen LogP contribution in [0, 0.1) is 5.41 Å². The van der Waals surface area contributed by atoms with Crippen LogP contribution in [0.2, 0.25) is 0 Å². The van der Waals surface area contributed by atoms with Crippen molar-refractivity contribution in [3.63, 3.8) is 0 Å². The van der Waals surface area contributed by atoms with Gasteiger partial charge in [0.2, 0.25) is 10.0 Å². The van der Waals surface area contributed by atoms with E-state index in [9.17, 15) is 13.2 Å². The molecular formula is C9H17NO4S. The van der Waals surface area contributed by atoms with Crippen LogP contribution in [0.3, 0.4) is 0 Å². The molecule has 1 saturated carbocycles. The van der Waals surface area contributed by atoms with Crippen molar-refractivity contribution in [3.8, 4) is 0 Å². The average Bonchev–Trinajstić information content (AvgIpc) is 2.00. The smallest absolute Gasteiger partial charge is 0.310 e. The summed E-state index contributed by atoms with van der Waals surface area (Å²) in [6, 6.07) is 0. The van der Waals surface area contributed by atoms with Gasteiger partial charge in [-0.15, -0.1) is 0 Å². The molecule has 0 radical (unpaired) electrons. The third-order valence-electron chi connectivity index (χ3n) is 3.00. The number of carbonyl (C=O) groups is 1. The van der Waals surface area contributed by atoms with E-state index in [0.717, 1.165) is 6.42 Å². The summed E-state index contributed by atoms with van der Waals surface area (Å²) in [5, 5.41) is 8.46. The van der Waals surface area contributed by atoms with Crippen LogP contribution in [0.5, 0.6) is 0 Å². The van der Waals surface area contributed by atoms with E-state index in [2.05, 4.69) is 4.72 Å². The van der Waals surface area contributed by atoms with Crippen LogP contribution < -0.4 is 4.72 Å². The molecule has 6 heteroatoms. The molecule has 15 heavy (non-hydrogen) atoms. The highest BCUT2D eigenvalue weighted by molar-refractivity contribution is 7.90. The first kappa shape index (κ1) is 12.4. The second-order valence-corrected chi connectivity index (χ2v) is 6.68. The van der Waals surface area contributed by atoms with Crippen LogP contribution in [0.25, 0.3) is 0 Å². The number of nitrogens with one attached hydrogen (secondary N) is 1. The largest absolute Gasteiger partial charge is 0.481 e. The van der Waals surface area contributed by atoms with Crippen molar-refractivity contribution < 1.29 is 18.3 Å². The van der Waals surface area contributed by atoms with E-state index in [1.807, 2.05) is 0 Å². The molecule has 1 rings (SSSR count). The topological polar surface area (TPSA) is 83.5 Å². The molecule has 0 aliphatic heterocycles. The maximum absolute atomic E-state index is 11.4. The van der Waals surface area contributed by atoms with Crippen molar-refractivity contribution in [1.82, 2.24) is 4.72 Å². The molecule has 0 heterocycles. The molecule has 2 N–H and O–H groups in total. The minimum Gasteiger partial charge on any atom is -0.481 e. The molecule has 1 fully saturated rings. The van der Waals surface area contributed by atoms with E-state index in [4.69, 9.17) is 5.11 Å². The summed E-state index contributed by atoms with van der Waals surface area (Å²) in [7, 11) is -3.35. The highest BCUT2D eigenvalue weighted by Gasteiger charge is 2.44. The van der Waals surface area contributed by atoms with E-state index in [-0.39, 0.29) is 6.54 Å². The Morgan fingerprint density at radius 1 is 1.47 bits per heavy atom. The van der Waals surface area contributed by atoms with E-state index in [1.165, 1.54) is 0 Å². The number of sulfonamides is 1. The van der Waals surface area contributed by atoms with Crippen molar-refractivity contribution in [1.29, 1.82) is 0 Å². The lowest BCUT2D eigenvalue weighted by Gasteiger charge is -2.37. The summed E-state index contributed by atoms with van der Waals surface area (Å²) in [5.41, 5.74) is -0.859. The van der Waals surface area contributed by atoms with E-state index < -0.39 is 26.7 Å². The van der Waals surface area contributed by atoms with Crippen LogP contribution in [0.15, 0.2) is 0 Å². The average molecular weight is 235 g/mol. The molecule has 88 valence electrons. The van der Waals surface area contributed by atoms with Crippen LogP contribution >= 0.6 is 0 Å². The zero-order chi connectivity index (χ0) is 11.7. The molecule has 5 nitrogen and oxygen atoms in total. The van der Waals surface area contributed by atoms with E-state index >= 15 is 0 Å². The molecule has 1 aliphatic rings. The van der Waals surface area contributed by atoms with Gasteiger partial charge in [-0.25, -0.2) is 13.1 Å². The minimum absolute atomic E-state index is 0.0167. The number of aliphatic carboxylic acids is 1. The fourth-order valence-corrected chi connectivity index (χ4v) is 2.29. The Morgan fingerprint density at radius 3 is 2.27 bits per heavy atom. The zero-order valence-electron chi connectivity index (χ0n) is 8.99. The first-order valence-corrected chi connectivity index (χ1v) is 6.57. The molecule has 0 atom stereocenters. The fourth-order valence-electron chi connectivity index (χ4n) is 1.48. The van der Waals surface area contributed by atoms with Gasteiger partial charge < -0.3 is 5.11 Å². The second-order valence-electron chi connectivity index (χ2n) is 4.35. The molecular weight excluding hydrogens is 218 g/mol. The summed E-state index contributed by atoms with van der Waals surface area (Å²) in [6.45, 7) is 3.15. The van der Waals surface area contributed by atoms with E-state index in [0.29, 0.717) is 12.8 Å². The Hall–Kier alpha value is -0.620. The van der Waals surface area contributed by atoms with Crippen molar-refractivity contribution in [2.75, 3.05) is 6.54 Å². The number of hydrogen-bond acceptors (Lipinski definition) is 3. The molecule has 0 aromatic heterocycles. The first-order chi connectivity index (χ1) is 6.80. The fraction of sp³-hybridized carbons (Fsp3) is 0.889. The van der Waals surface area contributed by atoms with Gasteiger partial charge in [0.25, 0.3) is 0 Å². The number of carboxylic acid groups (broad SMARTS) is 1. The normalized spacial score (nSPS) is 19.9. The lowest BCUT2D eigenvalue weighted by Crippen LogP contribution is -2.48. The molecule has 0 spiro atoms. The summed E-state index contributed by atoms with van der Waals surface area (Å²) >= 11 is 0. The Labute approximate surface area is 89.9 Å². The predicted octanol–water partition coefficient (Wildman–Crippen LogP) is 0.569. The van der Waals surface area contributed by atoms with Crippen molar-refractivity contribution in [3.05, 3.63) is 0 Å². The van der Waals surface area contributed by atoms with Crippen LogP contribution in [0.4, 0.5) is 0 Å². The van der Waals surface area contributed by atoms with Gasteiger partial charge in [-0.2, -0.15) is 0 Å². The Morgan fingerprint density at radius 2 is 2.00 bits per heavy atom. The van der Waals surface area contributed by atoms with Gasteiger partial charge in [-0.3, -0.25) is 4.79 Å². The Bertz CT molecular complexity index is 343. The summed E-state index contributed by atoms with van der Waals surface area (Å²) in [6.07, 6.45) is 1.97. The number of hydrogen-bond donors (Lipinski definition) is 2. The minimum atomic E-state index is -3.35. The summed E-state index contributed by atoms with van der Waals surface area (Å²) < 4.78 is 25.2. The van der Waals surface area contributed by atoms with Gasteiger partial charge in [0.05, 0.1) is 10.7 Å². The Kier molecular flexibility index (Phi) is 3.40. The van der Waals surface area contributed by atoms with Crippen molar-refractivity contribution >= 4 is 16.0 Å². The third-order valence-corrected chi connectivity index (χ3v) is 4.78. The molecule has 0 amide bonds. The van der Waals surface area contributed by atoms with Crippen LogP contribution in [0.1, 0.15) is 33.1 Å². The summed E-state index contributed by atoms with van der Waals surface area (Å²) in [4.78, 5) is 11.0. The zero-order valence-corrected chi connectivity index (χ0v) is 9.80. The summed E-state index contributed by atoms with van der Waals surface area (Å²) in [5.74, 6) is -0.903. The predicted molar refractivity (Wildman–Crippen MR) is 56.0 cm³/mol. The van der Waals surface area contributed by atoms with Crippen LogP contribution in [-0.2, 0) is 14.8 Å². The van der Waals surface area contributed by atoms with Gasteiger partial charge in [0.15, 0.2) is 0 Å². The highest BCUT2D eigenvalue weighted by Crippen LogP contribution is 2.40. The molecule has 0 aromatic rings. The lowest BCUT2D eigenvalue weighted by molar-refractivity contribution is -0.153. The van der Waals surface area contributed by atoms with Gasteiger partial charge in [-0.1, -0.05) is 6.42 Å². The van der Waals surface area contributed by atoms with E-state index in [1.54, 1.807) is 13.8 Å².